The molecule has 1 atom stereocenters. The molecule has 0 bridgehead atoms. The number of halogens is 1. The summed E-state index contributed by atoms with van der Waals surface area (Å²) in [6.07, 6.45) is 4.23. The van der Waals surface area contributed by atoms with Crippen molar-refractivity contribution < 1.29 is 14.7 Å². The lowest BCUT2D eigenvalue weighted by molar-refractivity contribution is 0.0919. The van der Waals surface area contributed by atoms with E-state index in [1.807, 2.05) is 0 Å². The molecule has 2 heterocycles. The summed E-state index contributed by atoms with van der Waals surface area (Å²) in [7, 11) is 0. The maximum atomic E-state index is 12.3. The molecule has 5 nitrogen and oxygen atoms in total. The minimum Gasteiger partial charge on any atom is -0.465 e. The summed E-state index contributed by atoms with van der Waals surface area (Å²) in [4.78, 5) is 25.4. The number of likely N-dealkylation sites (tertiary alicyclic amines) is 1. The largest absolute Gasteiger partial charge is 0.465 e. The van der Waals surface area contributed by atoms with Crippen LogP contribution in [0, 0.1) is 11.8 Å². The zero-order chi connectivity index (χ0) is 16.4. The molecule has 1 saturated carbocycles. The Labute approximate surface area is 144 Å². The smallest absolute Gasteiger partial charge is 0.407 e. The van der Waals surface area contributed by atoms with E-state index in [4.69, 9.17) is 16.7 Å². The number of piperidine rings is 1. The van der Waals surface area contributed by atoms with Gasteiger partial charge in [-0.25, -0.2) is 4.79 Å². The molecule has 2 fully saturated rings. The maximum Gasteiger partial charge on any atom is 0.407 e. The van der Waals surface area contributed by atoms with Crippen LogP contribution < -0.4 is 5.32 Å². The van der Waals surface area contributed by atoms with Crippen molar-refractivity contribution in [3.05, 3.63) is 21.3 Å². The molecule has 23 heavy (non-hydrogen) atoms. The molecule has 1 aliphatic heterocycles. The SMILES string of the molecule is O=C(NC(CC1CCN(C(=O)O)CC1)C1CC1)c1ccc(Cl)s1. The number of nitrogens with zero attached hydrogens (tertiary/aromatic N) is 1. The molecule has 1 unspecified atom stereocenters. The predicted molar refractivity (Wildman–Crippen MR) is 90.2 cm³/mol. The standard InChI is InChI=1S/C16H21ClN2O3S/c17-14-4-3-13(23-14)15(20)18-12(11-1-2-11)9-10-5-7-19(8-6-10)16(21)22/h3-4,10-12H,1-2,5-9H2,(H,18,20)(H,21,22). The summed E-state index contributed by atoms with van der Waals surface area (Å²) in [6, 6.07) is 3.71. The number of carbonyl (C=O) groups excluding carboxylic acids is 1. The van der Waals surface area contributed by atoms with Gasteiger partial charge < -0.3 is 15.3 Å². The topological polar surface area (TPSA) is 69.6 Å². The van der Waals surface area contributed by atoms with Crippen molar-refractivity contribution >= 4 is 34.9 Å². The van der Waals surface area contributed by atoms with Crippen LogP contribution in [0.2, 0.25) is 4.34 Å². The van der Waals surface area contributed by atoms with Crippen molar-refractivity contribution in [1.82, 2.24) is 10.2 Å². The van der Waals surface area contributed by atoms with Crippen molar-refractivity contribution in [2.75, 3.05) is 13.1 Å². The fraction of sp³-hybridized carbons (Fsp3) is 0.625. The van der Waals surface area contributed by atoms with Crippen LogP contribution in [0.5, 0.6) is 0 Å². The molecule has 7 heteroatoms. The Hall–Kier alpha value is -1.27. The van der Waals surface area contributed by atoms with Gasteiger partial charge >= 0.3 is 6.09 Å². The second-order valence-corrected chi connectivity index (χ2v) is 8.18. The first kappa shape index (κ1) is 16.6. The van der Waals surface area contributed by atoms with Crippen LogP contribution in [0.25, 0.3) is 0 Å². The molecule has 1 saturated heterocycles. The summed E-state index contributed by atoms with van der Waals surface area (Å²) in [6.45, 7) is 1.21. The number of nitrogens with one attached hydrogen (secondary N) is 1. The Morgan fingerprint density at radius 1 is 1.30 bits per heavy atom. The Kier molecular flexibility index (Phi) is 5.11. The minimum atomic E-state index is -0.829. The predicted octanol–water partition coefficient (Wildman–Crippen LogP) is 3.69. The van der Waals surface area contributed by atoms with E-state index in [9.17, 15) is 9.59 Å². The van der Waals surface area contributed by atoms with Crippen LogP contribution in [-0.4, -0.2) is 41.1 Å². The number of hydrogen-bond acceptors (Lipinski definition) is 3. The van der Waals surface area contributed by atoms with Gasteiger partial charge in [0.15, 0.2) is 0 Å². The molecule has 126 valence electrons. The molecule has 2 amide bonds. The first-order valence-electron chi connectivity index (χ1n) is 8.07. The van der Waals surface area contributed by atoms with E-state index in [1.54, 1.807) is 12.1 Å². The molecule has 3 rings (SSSR count). The highest BCUT2D eigenvalue weighted by Crippen LogP contribution is 2.37. The fourth-order valence-corrected chi connectivity index (χ4v) is 4.21. The molecule has 1 aromatic heterocycles. The number of carbonyl (C=O) groups is 2. The van der Waals surface area contributed by atoms with Gasteiger partial charge in [0.25, 0.3) is 5.91 Å². The molecule has 0 radical (unpaired) electrons. The average molecular weight is 357 g/mol. The number of amides is 2. The molecule has 2 aliphatic rings. The third kappa shape index (κ3) is 4.38. The van der Waals surface area contributed by atoms with Gasteiger partial charge in [0.1, 0.15) is 0 Å². The summed E-state index contributed by atoms with van der Waals surface area (Å²) >= 11 is 7.20. The van der Waals surface area contributed by atoms with Gasteiger partial charge in [-0.2, -0.15) is 0 Å². The van der Waals surface area contributed by atoms with Gasteiger partial charge in [-0.05, 0) is 56.1 Å². The van der Waals surface area contributed by atoms with E-state index in [-0.39, 0.29) is 11.9 Å². The first-order valence-corrected chi connectivity index (χ1v) is 9.26. The Morgan fingerprint density at radius 3 is 2.52 bits per heavy atom. The fourth-order valence-electron chi connectivity index (χ4n) is 3.26. The molecular weight excluding hydrogens is 336 g/mol. The minimum absolute atomic E-state index is 0.0400. The van der Waals surface area contributed by atoms with Crippen LogP contribution in [0.4, 0.5) is 4.79 Å². The van der Waals surface area contributed by atoms with E-state index in [0.29, 0.717) is 34.1 Å². The van der Waals surface area contributed by atoms with Crippen molar-refractivity contribution in [1.29, 1.82) is 0 Å². The molecule has 1 aromatic rings. The normalized spacial score (nSPS) is 20.3. The van der Waals surface area contributed by atoms with Crippen LogP contribution in [-0.2, 0) is 0 Å². The number of hydrogen-bond donors (Lipinski definition) is 2. The molecule has 2 N–H and O–H groups in total. The molecule has 1 aliphatic carbocycles. The lowest BCUT2D eigenvalue weighted by Crippen LogP contribution is -2.41. The second-order valence-electron chi connectivity index (χ2n) is 6.47. The summed E-state index contributed by atoms with van der Waals surface area (Å²) in [5.41, 5.74) is 0. The number of carboxylic acid groups (broad SMARTS) is 1. The summed E-state index contributed by atoms with van der Waals surface area (Å²) in [5, 5.41) is 12.2. The monoisotopic (exact) mass is 356 g/mol. The quantitative estimate of drug-likeness (QED) is 0.845. The Morgan fingerprint density at radius 2 is 2.00 bits per heavy atom. The first-order chi connectivity index (χ1) is 11.0. The lowest BCUT2D eigenvalue weighted by atomic mass is 9.88. The second kappa shape index (κ2) is 7.09. The highest BCUT2D eigenvalue weighted by Gasteiger charge is 2.35. The molecule has 0 aromatic carbocycles. The Bertz CT molecular complexity index is 580. The average Bonchev–Trinajstić information content (AvgIpc) is 3.28. The van der Waals surface area contributed by atoms with Crippen molar-refractivity contribution in [3.8, 4) is 0 Å². The van der Waals surface area contributed by atoms with E-state index in [0.717, 1.165) is 19.3 Å². The van der Waals surface area contributed by atoms with Gasteiger partial charge in [0.05, 0.1) is 9.21 Å². The van der Waals surface area contributed by atoms with Crippen LogP contribution in [0.3, 0.4) is 0 Å². The van der Waals surface area contributed by atoms with Crippen LogP contribution in [0.1, 0.15) is 41.8 Å². The van der Waals surface area contributed by atoms with E-state index in [1.165, 1.54) is 29.1 Å². The van der Waals surface area contributed by atoms with Gasteiger partial charge in [0.2, 0.25) is 0 Å². The third-order valence-corrected chi connectivity index (χ3v) is 6.01. The van der Waals surface area contributed by atoms with Crippen molar-refractivity contribution in [2.24, 2.45) is 11.8 Å². The van der Waals surface area contributed by atoms with Gasteiger partial charge in [-0.1, -0.05) is 11.6 Å². The van der Waals surface area contributed by atoms with Gasteiger partial charge in [-0.15, -0.1) is 11.3 Å². The molecule has 0 spiro atoms. The summed E-state index contributed by atoms with van der Waals surface area (Å²) in [5.74, 6) is 1.03. The van der Waals surface area contributed by atoms with E-state index >= 15 is 0 Å². The lowest BCUT2D eigenvalue weighted by Gasteiger charge is -2.32. The van der Waals surface area contributed by atoms with Crippen molar-refractivity contribution in [2.45, 2.75) is 38.1 Å². The van der Waals surface area contributed by atoms with Crippen molar-refractivity contribution in [3.63, 3.8) is 0 Å². The maximum absolute atomic E-state index is 12.3. The zero-order valence-corrected chi connectivity index (χ0v) is 14.4. The Balaban J connectivity index is 1.53. The highest BCUT2D eigenvalue weighted by atomic mass is 35.5. The van der Waals surface area contributed by atoms with E-state index in [2.05, 4.69) is 5.32 Å². The number of thiophene rings is 1. The number of rotatable bonds is 5. The van der Waals surface area contributed by atoms with Crippen LogP contribution in [0.15, 0.2) is 12.1 Å². The van der Waals surface area contributed by atoms with Gasteiger partial charge in [0, 0.05) is 19.1 Å². The third-order valence-electron chi connectivity index (χ3n) is 4.78. The van der Waals surface area contributed by atoms with E-state index < -0.39 is 6.09 Å². The summed E-state index contributed by atoms with van der Waals surface area (Å²) < 4.78 is 0.624. The molecular formula is C16H21ClN2O3S. The van der Waals surface area contributed by atoms with Crippen LogP contribution >= 0.6 is 22.9 Å². The highest BCUT2D eigenvalue weighted by molar-refractivity contribution is 7.17. The van der Waals surface area contributed by atoms with Gasteiger partial charge in [-0.3, -0.25) is 4.79 Å². The zero-order valence-electron chi connectivity index (χ0n) is 12.8.